The van der Waals surface area contributed by atoms with Crippen LogP contribution in [0.15, 0.2) is 6.33 Å². The lowest BCUT2D eigenvalue weighted by atomic mass is 10.3. The first-order chi connectivity index (χ1) is 8.04. The highest BCUT2D eigenvalue weighted by Crippen LogP contribution is 2.03. The Morgan fingerprint density at radius 3 is 2.71 bits per heavy atom. The zero-order valence-electron chi connectivity index (χ0n) is 9.04. The summed E-state index contributed by atoms with van der Waals surface area (Å²) in [5.41, 5.74) is 0. The number of aliphatic hydroxyl groups excluding tert-OH is 1. The maximum atomic E-state index is 11.4. The molecule has 0 aliphatic carbocycles. The van der Waals surface area contributed by atoms with Gasteiger partial charge in [-0.25, -0.2) is 14.6 Å². The molecular formula is C8H13N5O4. The number of hydrogen-bond donors (Lipinski definition) is 5. The quantitative estimate of drug-likeness (QED) is 0.431. The summed E-state index contributed by atoms with van der Waals surface area (Å²) in [6.07, 6.45) is 1.29. The van der Waals surface area contributed by atoms with Crippen molar-refractivity contribution in [3.05, 3.63) is 12.2 Å². The fourth-order valence-electron chi connectivity index (χ4n) is 1.07. The zero-order chi connectivity index (χ0) is 12.8. The van der Waals surface area contributed by atoms with Crippen LogP contribution in [0.25, 0.3) is 0 Å². The molecule has 2 unspecified atom stereocenters. The van der Waals surface area contributed by atoms with Crippen LogP contribution >= 0.6 is 0 Å². The normalized spacial score (nSPS) is 13.8. The summed E-state index contributed by atoms with van der Waals surface area (Å²) in [4.78, 5) is 25.7. The van der Waals surface area contributed by atoms with Gasteiger partial charge < -0.3 is 20.8 Å². The van der Waals surface area contributed by atoms with Gasteiger partial charge in [0, 0.05) is 0 Å². The smallest absolute Gasteiger partial charge is 0.328 e. The predicted octanol–water partition coefficient (Wildman–Crippen LogP) is -1.39. The van der Waals surface area contributed by atoms with Crippen LogP contribution in [0.1, 0.15) is 18.8 Å². The third kappa shape index (κ3) is 3.72. The lowest BCUT2D eigenvalue weighted by Gasteiger charge is -2.15. The summed E-state index contributed by atoms with van der Waals surface area (Å²) in [6.45, 7) is 0.967. The lowest BCUT2D eigenvalue weighted by molar-refractivity contribution is -0.140. The number of amides is 2. The lowest BCUT2D eigenvalue weighted by Crippen LogP contribution is -2.48. The number of carboxylic acid groups (broad SMARTS) is 1. The number of nitrogens with zero attached hydrogens (tertiary/aromatic N) is 2. The number of rotatable bonds is 5. The molecule has 0 saturated carbocycles. The number of aliphatic hydroxyl groups is 1. The molecule has 94 valence electrons. The molecule has 2 amide bonds. The van der Waals surface area contributed by atoms with E-state index in [1.165, 1.54) is 6.33 Å². The van der Waals surface area contributed by atoms with Gasteiger partial charge in [-0.05, 0) is 6.92 Å². The van der Waals surface area contributed by atoms with Gasteiger partial charge in [-0.2, -0.15) is 5.10 Å². The molecule has 1 aromatic heterocycles. The van der Waals surface area contributed by atoms with Crippen molar-refractivity contribution in [2.24, 2.45) is 0 Å². The largest absolute Gasteiger partial charge is 0.480 e. The van der Waals surface area contributed by atoms with Crippen LogP contribution < -0.4 is 10.6 Å². The Balaban J connectivity index is 2.47. The van der Waals surface area contributed by atoms with Gasteiger partial charge >= 0.3 is 12.0 Å². The summed E-state index contributed by atoms with van der Waals surface area (Å²) in [5, 5.41) is 28.0. The number of urea groups is 1. The maximum absolute atomic E-state index is 11.4. The minimum Gasteiger partial charge on any atom is -0.480 e. The standard InChI is InChI=1S/C8H13N5O4/c1-4(6-9-3-10-13-6)11-8(17)12-5(2-14)7(15)16/h3-5,14H,2H2,1H3,(H,15,16)(H,9,10,13)(H2,11,12,17). The highest BCUT2D eigenvalue weighted by atomic mass is 16.4. The Morgan fingerprint density at radius 2 is 2.24 bits per heavy atom. The van der Waals surface area contributed by atoms with Crippen LogP contribution in [-0.2, 0) is 4.79 Å². The van der Waals surface area contributed by atoms with Crippen LogP contribution in [0.5, 0.6) is 0 Å². The van der Waals surface area contributed by atoms with Crippen molar-refractivity contribution in [1.82, 2.24) is 25.8 Å². The van der Waals surface area contributed by atoms with Gasteiger partial charge in [0.15, 0.2) is 6.04 Å². The van der Waals surface area contributed by atoms with Crippen LogP contribution in [0, 0.1) is 0 Å². The molecule has 1 aromatic rings. The van der Waals surface area contributed by atoms with E-state index in [1.54, 1.807) is 6.92 Å². The van der Waals surface area contributed by atoms with Crippen LogP contribution in [0.3, 0.4) is 0 Å². The van der Waals surface area contributed by atoms with Crippen molar-refractivity contribution in [2.45, 2.75) is 19.0 Å². The fourth-order valence-corrected chi connectivity index (χ4v) is 1.07. The first kappa shape index (κ1) is 12.9. The molecule has 0 radical (unpaired) electrons. The van der Waals surface area contributed by atoms with E-state index in [-0.39, 0.29) is 0 Å². The summed E-state index contributed by atoms with van der Waals surface area (Å²) in [6, 6.07) is -2.50. The molecule has 0 aliphatic heterocycles. The summed E-state index contributed by atoms with van der Waals surface area (Å²) < 4.78 is 0. The minimum absolute atomic E-state index is 0.441. The predicted molar refractivity (Wildman–Crippen MR) is 55.0 cm³/mol. The van der Waals surface area contributed by atoms with Crippen LogP contribution in [-0.4, -0.2) is 50.0 Å². The van der Waals surface area contributed by atoms with E-state index in [0.717, 1.165) is 0 Å². The molecule has 5 N–H and O–H groups in total. The van der Waals surface area contributed by atoms with Crippen molar-refractivity contribution in [3.63, 3.8) is 0 Å². The molecule has 1 rings (SSSR count). The molecule has 0 bridgehead atoms. The molecule has 2 atom stereocenters. The number of nitrogens with one attached hydrogen (secondary N) is 3. The zero-order valence-corrected chi connectivity index (χ0v) is 9.04. The van der Waals surface area contributed by atoms with Gasteiger partial charge in [-0.15, -0.1) is 0 Å². The Hall–Kier alpha value is -2.16. The van der Waals surface area contributed by atoms with Crippen molar-refractivity contribution < 1.29 is 19.8 Å². The van der Waals surface area contributed by atoms with Crippen molar-refractivity contribution >= 4 is 12.0 Å². The molecule has 9 nitrogen and oxygen atoms in total. The number of hydrogen-bond acceptors (Lipinski definition) is 5. The second kappa shape index (κ2) is 5.80. The number of H-pyrrole nitrogens is 1. The average Bonchev–Trinajstić information content (AvgIpc) is 2.78. The highest BCUT2D eigenvalue weighted by Gasteiger charge is 2.20. The maximum Gasteiger partial charge on any atom is 0.328 e. The molecule has 1 heterocycles. The number of aliphatic carboxylic acids is 1. The summed E-state index contributed by atoms with van der Waals surface area (Å²) >= 11 is 0. The van der Waals surface area contributed by atoms with Crippen molar-refractivity contribution in [2.75, 3.05) is 6.61 Å². The van der Waals surface area contributed by atoms with Gasteiger partial charge in [0.25, 0.3) is 0 Å². The van der Waals surface area contributed by atoms with E-state index in [2.05, 4.69) is 25.8 Å². The number of carbonyl (C=O) groups excluding carboxylic acids is 1. The van der Waals surface area contributed by atoms with Gasteiger partial charge in [0.2, 0.25) is 0 Å². The summed E-state index contributed by atoms with van der Waals surface area (Å²) in [7, 11) is 0. The first-order valence-electron chi connectivity index (χ1n) is 4.80. The van der Waals surface area contributed by atoms with Crippen LogP contribution in [0.4, 0.5) is 4.79 Å². The molecule has 0 aliphatic rings. The second-order valence-electron chi connectivity index (χ2n) is 3.28. The van der Waals surface area contributed by atoms with E-state index in [1.807, 2.05) is 0 Å². The molecule has 17 heavy (non-hydrogen) atoms. The fraction of sp³-hybridized carbons (Fsp3) is 0.500. The van der Waals surface area contributed by atoms with Gasteiger partial charge in [0.1, 0.15) is 12.2 Å². The third-order valence-electron chi connectivity index (χ3n) is 1.98. The van der Waals surface area contributed by atoms with Crippen molar-refractivity contribution in [1.29, 1.82) is 0 Å². The van der Waals surface area contributed by atoms with Crippen molar-refractivity contribution in [3.8, 4) is 0 Å². The molecule has 0 aromatic carbocycles. The van der Waals surface area contributed by atoms with Gasteiger partial charge in [-0.1, -0.05) is 0 Å². The number of carbonyl (C=O) groups is 2. The molecule has 0 saturated heterocycles. The average molecular weight is 243 g/mol. The molecule has 0 fully saturated rings. The monoisotopic (exact) mass is 243 g/mol. The Kier molecular flexibility index (Phi) is 4.40. The Labute approximate surface area is 96.2 Å². The van der Waals surface area contributed by atoms with E-state index in [4.69, 9.17) is 10.2 Å². The first-order valence-corrected chi connectivity index (χ1v) is 4.80. The number of aromatic nitrogens is 3. The molecule has 9 heteroatoms. The number of carboxylic acids is 1. The molecular weight excluding hydrogens is 230 g/mol. The number of aromatic amines is 1. The third-order valence-corrected chi connectivity index (χ3v) is 1.98. The minimum atomic E-state index is -1.34. The second-order valence-corrected chi connectivity index (χ2v) is 3.28. The molecule has 0 spiro atoms. The Morgan fingerprint density at radius 1 is 1.53 bits per heavy atom. The van der Waals surface area contributed by atoms with E-state index in [9.17, 15) is 9.59 Å². The highest BCUT2D eigenvalue weighted by molar-refractivity contribution is 5.82. The van der Waals surface area contributed by atoms with Gasteiger partial charge in [-0.3, -0.25) is 5.10 Å². The van der Waals surface area contributed by atoms with E-state index in [0.29, 0.717) is 5.82 Å². The van der Waals surface area contributed by atoms with E-state index >= 15 is 0 Å². The SMILES string of the molecule is CC(NC(=O)NC(CO)C(=O)O)c1ncn[nH]1. The van der Waals surface area contributed by atoms with Crippen LogP contribution in [0.2, 0.25) is 0 Å². The topological polar surface area (TPSA) is 140 Å². The van der Waals surface area contributed by atoms with Gasteiger partial charge in [0.05, 0.1) is 12.6 Å². The Bertz CT molecular complexity index is 379. The van der Waals surface area contributed by atoms with E-state index < -0.39 is 30.7 Å². The summed E-state index contributed by atoms with van der Waals surface area (Å²) in [5.74, 6) is -0.869.